The Hall–Kier alpha value is -1.68. The van der Waals surface area contributed by atoms with Crippen molar-refractivity contribution in [3.63, 3.8) is 0 Å². The molecule has 1 aliphatic rings. The minimum atomic E-state index is 0.00788. The summed E-state index contributed by atoms with van der Waals surface area (Å²) in [6, 6.07) is 6.45. The van der Waals surface area contributed by atoms with Gasteiger partial charge in [-0.15, -0.1) is 11.3 Å². The smallest absolute Gasteiger partial charge is 0.277 e. The highest BCUT2D eigenvalue weighted by Gasteiger charge is 2.27. The molecule has 0 N–H and O–H groups in total. The number of rotatable bonds is 1. The number of carbonyl (C=O) groups excluding carboxylic acids is 1. The topological polar surface area (TPSA) is 33.2 Å². The van der Waals surface area contributed by atoms with Gasteiger partial charge in [-0.05, 0) is 29.0 Å². The Kier molecular flexibility index (Phi) is 3.13. The number of benzene rings is 1. The van der Waals surface area contributed by atoms with Gasteiger partial charge in [-0.25, -0.2) is 4.98 Å². The van der Waals surface area contributed by atoms with Gasteiger partial charge in [-0.2, -0.15) is 0 Å². The van der Waals surface area contributed by atoms with Gasteiger partial charge in [0.1, 0.15) is 5.69 Å². The zero-order valence-electron chi connectivity index (χ0n) is 12.0. The van der Waals surface area contributed by atoms with Crippen LogP contribution in [-0.2, 0) is 11.8 Å². The largest absolute Gasteiger partial charge is 0.306 e. The van der Waals surface area contributed by atoms with E-state index in [0.717, 1.165) is 18.7 Å². The summed E-state index contributed by atoms with van der Waals surface area (Å²) in [5.41, 5.74) is 6.01. The molecule has 0 spiro atoms. The Morgan fingerprint density at radius 1 is 1.35 bits per heavy atom. The highest BCUT2D eigenvalue weighted by atomic mass is 32.1. The molecule has 1 amide bonds. The number of carbonyl (C=O) groups is 1. The average molecular weight is 286 g/mol. The van der Waals surface area contributed by atoms with Crippen molar-refractivity contribution in [3.05, 3.63) is 45.9 Å². The van der Waals surface area contributed by atoms with Crippen LogP contribution in [0.15, 0.2) is 29.1 Å². The van der Waals surface area contributed by atoms with Crippen molar-refractivity contribution in [3.8, 4) is 0 Å². The van der Waals surface area contributed by atoms with Crippen molar-refractivity contribution < 1.29 is 4.79 Å². The number of aromatic nitrogens is 1. The molecule has 0 aliphatic carbocycles. The molecular formula is C16H18N2OS. The fourth-order valence-electron chi connectivity index (χ4n) is 2.54. The van der Waals surface area contributed by atoms with E-state index in [0.29, 0.717) is 5.69 Å². The number of hydrogen-bond acceptors (Lipinski definition) is 3. The predicted octanol–water partition coefficient (Wildman–Crippen LogP) is 3.64. The van der Waals surface area contributed by atoms with Crippen LogP contribution in [0.2, 0.25) is 0 Å². The maximum Gasteiger partial charge on any atom is 0.277 e. The summed E-state index contributed by atoms with van der Waals surface area (Å²) in [6.07, 6.45) is 0.926. The molecule has 2 aromatic rings. The predicted molar refractivity (Wildman–Crippen MR) is 82.6 cm³/mol. The van der Waals surface area contributed by atoms with Crippen molar-refractivity contribution in [2.75, 3.05) is 11.4 Å². The Labute approximate surface area is 123 Å². The SMILES string of the molecule is CC(C)(C)c1ccc2c(c1)CCN2C(=O)c1cscn1. The van der Waals surface area contributed by atoms with Crippen molar-refractivity contribution in [2.24, 2.45) is 0 Å². The van der Waals surface area contributed by atoms with Crippen LogP contribution in [0.1, 0.15) is 42.4 Å². The summed E-state index contributed by atoms with van der Waals surface area (Å²) in [5.74, 6) is 0.00788. The van der Waals surface area contributed by atoms with E-state index in [2.05, 4.69) is 44.0 Å². The van der Waals surface area contributed by atoms with Gasteiger partial charge in [0.2, 0.25) is 0 Å². The molecule has 104 valence electrons. The van der Waals surface area contributed by atoms with Gasteiger partial charge < -0.3 is 4.90 Å². The zero-order valence-corrected chi connectivity index (χ0v) is 12.8. The standard InChI is InChI=1S/C16H18N2OS/c1-16(2,3)12-4-5-14-11(8-12)6-7-18(14)15(19)13-9-20-10-17-13/h4-5,8-10H,6-7H2,1-3H3. The van der Waals surface area contributed by atoms with E-state index in [9.17, 15) is 4.79 Å². The normalized spacial score (nSPS) is 14.4. The van der Waals surface area contributed by atoms with Crippen LogP contribution < -0.4 is 4.90 Å². The molecule has 4 heteroatoms. The third-order valence-corrected chi connectivity index (χ3v) is 4.32. The van der Waals surface area contributed by atoms with Crippen molar-refractivity contribution in [1.29, 1.82) is 0 Å². The van der Waals surface area contributed by atoms with E-state index in [1.165, 1.54) is 22.5 Å². The number of fused-ring (bicyclic) bond motifs is 1. The first-order chi connectivity index (χ1) is 9.47. The van der Waals surface area contributed by atoms with Gasteiger partial charge in [-0.3, -0.25) is 4.79 Å². The monoisotopic (exact) mass is 286 g/mol. The Morgan fingerprint density at radius 2 is 2.15 bits per heavy atom. The minimum Gasteiger partial charge on any atom is -0.306 e. The zero-order chi connectivity index (χ0) is 14.3. The number of amides is 1. The molecule has 0 bridgehead atoms. The van der Waals surface area contributed by atoms with Crippen LogP contribution in [0.5, 0.6) is 0 Å². The van der Waals surface area contributed by atoms with E-state index in [1.807, 2.05) is 10.3 Å². The first-order valence-corrected chi connectivity index (χ1v) is 7.74. The third kappa shape index (κ3) is 2.24. The van der Waals surface area contributed by atoms with Crippen LogP contribution in [0.4, 0.5) is 5.69 Å². The maximum atomic E-state index is 12.4. The van der Waals surface area contributed by atoms with E-state index in [4.69, 9.17) is 0 Å². The van der Waals surface area contributed by atoms with Gasteiger partial charge in [0.15, 0.2) is 0 Å². The van der Waals surface area contributed by atoms with E-state index in [-0.39, 0.29) is 11.3 Å². The Bertz CT molecular complexity index is 641. The highest BCUT2D eigenvalue weighted by Crippen LogP contribution is 2.33. The summed E-state index contributed by atoms with van der Waals surface area (Å²) in [7, 11) is 0. The lowest BCUT2D eigenvalue weighted by molar-refractivity contribution is 0.0985. The lowest BCUT2D eigenvalue weighted by Crippen LogP contribution is -2.29. The van der Waals surface area contributed by atoms with Crippen molar-refractivity contribution in [1.82, 2.24) is 4.98 Å². The summed E-state index contributed by atoms with van der Waals surface area (Å²) in [5, 5.41) is 1.81. The molecule has 0 fully saturated rings. The van der Waals surface area contributed by atoms with Gasteiger partial charge in [0.05, 0.1) is 5.51 Å². The fourth-order valence-corrected chi connectivity index (χ4v) is 3.06. The molecule has 0 atom stereocenters. The van der Waals surface area contributed by atoms with Crippen molar-refractivity contribution >= 4 is 22.9 Å². The number of nitrogens with zero attached hydrogens (tertiary/aromatic N) is 2. The molecule has 0 radical (unpaired) electrons. The second-order valence-corrected chi connectivity index (χ2v) is 6.89. The number of hydrogen-bond donors (Lipinski definition) is 0. The quantitative estimate of drug-likeness (QED) is 0.802. The Morgan fingerprint density at radius 3 is 2.80 bits per heavy atom. The van der Waals surface area contributed by atoms with Crippen LogP contribution in [-0.4, -0.2) is 17.4 Å². The van der Waals surface area contributed by atoms with Crippen LogP contribution in [0, 0.1) is 0 Å². The molecule has 20 heavy (non-hydrogen) atoms. The van der Waals surface area contributed by atoms with Crippen molar-refractivity contribution in [2.45, 2.75) is 32.6 Å². The minimum absolute atomic E-state index is 0.00788. The lowest BCUT2D eigenvalue weighted by atomic mass is 9.86. The summed E-state index contributed by atoms with van der Waals surface area (Å²) < 4.78 is 0. The summed E-state index contributed by atoms with van der Waals surface area (Å²) in [6.45, 7) is 7.38. The first kappa shape index (κ1) is 13.3. The van der Waals surface area contributed by atoms with Gasteiger partial charge >= 0.3 is 0 Å². The van der Waals surface area contributed by atoms with E-state index < -0.39 is 0 Å². The van der Waals surface area contributed by atoms with Crippen LogP contribution in [0.3, 0.4) is 0 Å². The van der Waals surface area contributed by atoms with E-state index in [1.54, 1.807) is 5.51 Å². The average Bonchev–Trinajstić information content (AvgIpc) is 3.06. The van der Waals surface area contributed by atoms with Gasteiger partial charge in [0.25, 0.3) is 5.91 Å². The Balaban J connectivity index is 1.93. The number of thiazole rings is 1. The lowest BCUT2D eigenvalue weighted by Gasteiger charge is -2.21. The summed E-state index contributed by atoms with van der Waals surface area (Å²) in [4.78, 5) is 18.4. The molecule has 3 nitrogen and oxygen atoms in total. The maximum absolute atomic E-state index is 12.4. The first-order valence-electron chi connectivity index (χ1n) is 6.80. The van der Waals surface area contributed by atoms with Gasteiger partial charge in [0, 0.05) is 17.6 Å². The second kappa shape index (κ2) is 4.70. The molecule has 0 saturated heterocycles. The van der Waals surface area contributed by atoms with E-state index >= 15 is 0 Å². The molecule has 1 aromatic heterocycles. The van der Waals surface area contributed by atoms with Crippen LogP contribution in [0.25, 0.3) is 0 Å². The molecule has 3 rings (SSSR count). The second-order valence-electron chi connectivity index (χ2n) is 6.17. The van der Waals surface area contributed by atoms with Crippen LogP contribution >= 0.6 is 11.3 Å². The molecule has 0 saturated carbocycles. The summed E-state index contributed by atoms with van der Waals surface area (Å²) >= 11 is 1.46. The molecular weight excluding hydrogens is 268 g/mol. The highest BCUT2D eigenvalue weighted by molar-refractivity contribution is 7.07. The molecule has 0 unspecified atom stereocenters. The molecule has 1 aliphatic heterocycles. The third-order valence-electron chi connectivity index (χ3n) is 3.74. The molecule has 2 heterocycles. The van der Waals surface area contributed by atoms with Gasteiger partial charge in [-0.1, -0.05) is 32.9 Å². The molecule has 1 aromatic carbocycles. The number of anilines is 1. The fraction of sp³-hybridized carbons (Fsp3) is 0.375.